The van der Waals surface area contributed by atoms with Gasteiger partial charge in [0.25, 0.3) is 0 Å². The van der Waals surface area contributed by atoms with E-state index < -0.39 is 0 Å². The quantitative estimate of drug-likeness (QED) is 0.915. The largest absolute Gasteiger partial charge is 0.334 e. The predicted octanol–water partition coefficient (Wildman–Crippen LogP) is 1.73. The van der Waals surface area contributed by atoms with Gasteiger partial charge in [0.2, 0.25) is 5.91 Å². The molecular formula is C15H26N4O. The number of aromatic nitrogens is 2. The second-order valence-corrected chi connectivity index (χ2v) is 6.76. The summed E-state index contributed by atoms with van der Waals surface area (Å²) in [5.41, 5.74) is 8.33. The van der Waals surface area contributed by atoms with Gasteiger partial charge in [-0.05, 0) is 6.42 Å². The monoisotopic (exact) mass is 278 g/mol. The minimum Gasteiger partial charge on any atom is -0.334 e. The first kappa shape index (κ1) is 15.0. The second-order valence-electron chi connectivity index (χ2n) is 6.76. The van der Waals surface area contributed by atoms with Crippen LogP contribution in [0.25, 0.3) is 0 Å². The molecule has 1 aliphatic heterocycles. The van der Waals surface area contributed by atoms with Crippen molar-refractivity contribution in [3.05, 3.63) is 17.5 Å². The SMILES string of the molecule is CCCN1C(=O)CC(N)C1c1cn(C)nc1C(C)(C)C. The third-order valence-electron chi connectivity index (χ3n) is 3.82. The van der Waals surface area contributed by atoms with Crippen molar-refractivity contribution < 1.29 is 4.79 Å². The maximum Gasteiger partial charge on any atom is 0.224 e. The Kier molecular flexibility index (Phi) is 3.91. The van der Waals surface area contributed by atoms with Crippen LogP contribution >= 0.6 is 0 Å². The lowest BCUT2D eigenvalue weighted by Gasteiger charge is -2.29. The zero-order chi connectivity index (χ0) is 15.1. The summed E-state index contributed by atoms with van der Waals surface area (Å²) < 4.78 is 1.83. The van der Waals surface area contributed by atoms with E-state index in [2.05, 4.69) is 32.8 Å². The molecular weight excluding hydrogens is 252 g/mol. The molecule has 2 heterocycles. The highest BCUT2D eigenvalue weighted by molar-refractivity contribution is 5.80. The van der Waals surface area contributed by atoms with Crippen molar-refractivity contribution >= 4 is 5.91 Å². The molecule has 1 aromatic heterocycles. The molecule has 1 aliphatic rings. The Bertz CT molecular complexity index is 500. The summed E-state index contributed by atoms with van der Waals surface area (Å²) in [6, 6.07) is -0.176. The number of amides is 1. The average Bonchev–Trinajstić information content (AvgIpc) is 2.81. The van der Waals surface area contributed by atoms with Gasteiger partial charge in [0.1, 0.15) is 0 Å². The molecule has 0 saturated carbocycles. The van der Waals surface area contributed by atoms with E-state index in [-0.39, 0.29) is 23.4 Å². The maximum atomic E-state index is 12.1. The lowest BCUT2D eigenvalue weighted by molar-refractivity contribution is -0.129. The van der Waals surface area contributed by atoms with Gasteiger partial charge in [-0.15, -0.1) is 0 Å². The molecule has 0 aliphatic carbocycles. The first-order valence-electron chi connectivity index (χ1n) is 7.34. The molecule has 1 aromatic rings. The smallest absolute Gasteiger partial charge is 0.224 e. The van der Waals surface area contributed by atoms with Crippen LogP contribution in [-0.2, 0) is 17.3 Å². The van der Waals surface area contributed by atoms with Crippen LogP contribution in [-0.4, -0.2) is 33.2 Å². The molecule has 20 heavy (non-hydrogen) atoms. The zero-order valence-corrected chi connectivity index (χ0v) is 13.2. The van der Waals surface area contributed by atoms with Crippen LogP contribution in [0.1, 0.15) is 57.8 Å². The van der Waals surface area contributed by atoms with Crippen LogP contribution < -0.4 is 5.73 Å². The molecule has 1 fully saturated rings. The Balaban J connectivity index is 2.46. The van der Waals surface area contributed by atoms with Crippen molar-refractivity contribution in [2.24, 2.45) is 12.8 Å². The van der Waals surface area contributed by atoms with Gasteiger partial charge < -0.3 is 10.6 Å². The van der Waals surface area contributed by atoms with Crippen molar-refractivity contribution in [3.8, 4) is 0 Å². The van der Waals surface area contributed by atoms with E-state index in [1.165, 1.54) is 0 Å². The highest BCUT2D eigenvalue weighted by Crippen LogP contribution is 2.37. The van der Waals surface area contributed by atoms with Crippen LogP contribution in [0.2, 0.25) is 0 Å². The molecule has 1 amide bonds. The Hall–Kier alpha value is -1.36. The van der Waals surface area contributed by atoms with Gasteiger partial charge in [-0.1, -0.05) is 27.7 Å². The highest BCUT2D eigenvalue weighted by atomic mass is 16.2. The normalized spacial score (nSPS) is 23.7. The van der Waals surface area contributed by atoms with Gasteiger partial charge >= 0.3 is 0 Å². The number of aryl methyl sites for hydroxylation is 1. The van der Waals surface area contributed by atoms with E-state index >= 15 is 0 Å². The van der Waals surface area contributed by atoms with Gasteiger partial charge in [0.05, 0.1) is 11.7 Å². The first-order chi connectivity index (χ1) is 9.25. The van der Waals surface area contributed by atoms with E-state index in [0.29, 0.717) is 6.42 Å². The molecule has 0 spiro atoms. The summed E-state index contributed by atoms with van der Waals surface area (Å²) in [7, 11) is 1.92. The molecule has 0 bridgehead atoms. The van der Waals surface area contributed by atoms with Crippen LogP contribution in [0.15, 0.2) is 6.20 Å². The fourth-order valence-electron chi connectivity index (χ4n) is 3.03. The molecule has 0 aromatic carbocycles. The average molecular weight is 278 g/mol. The number of likely N-dealkylation sites (tertiary alicyclic amines) is 1. The summed E-state index contributed by atoms with van der Waals surface area (Å²) in [5.74, 6) is 0.160. The molecule has 2 rings (SSSR count). The minimum absolute atomic E-state index is 0.0367. The van der Waals surface area contributed by atoms with Gasteiger partial charge in [0.15, 0.2) is 0 Å². The molecule has 1 saturated heterocycles. The van der Waals surface area contributed by atoms with Crippen LogP contribution in [0.3, 0.4) is 0 Å². The van der Waals surface area contributed by atoms with Gasteiger partial charge in [0, 0.05) is 43.2 Å². The summed E-state index contributed by atoms with van der Waals surface area (Å²) >= 11 is 0. The molecule has 0 radical (unpaired) electrons. The van der Waals surface area contributed by atoms with Crippen LogP contribution in [0, 0.1) is 0 Å². The summed E-state index contributed by atoms with van der Waals surface area (Å²) in [6.07, 6.45) is 3.40. The van der Waals surface area contributed by atoms with E-state index in [0.717, 1.165) is 24.2 Å². The fraction of sp³-hybridized carbons (Fsp3) is 0.733. The molecule has 2 unspecified atom stereocenters. The number of nitrogens with zero attached hydrogens (tertiary/aromatic N) is 3. The standard InChI is InChI=1S/C15H26N4O/c1-6-7-19-12(20)8-11(16)13(19)10-9-18(5)17-14(10)15(2,3)4/h9,11,13H,6-8,16H2,1-5H3. The van der Waals surface area contributed by atoms with Crippen molar-refractivity contribution in [3.63, 3.8) is 0 Å². The number of carbonyl (C=O) groups is 1. The maximum absolute atomic E-state index is 12.1. The predicted molar refractivity (Wildman–Crippen MR) is 79.2 cm³/mol. The van der Waals surface area contributed by atoms with Crippen LogP contribution in [0.4, 0.5) is 0 Å². The summed E-state index contributed by atoms with van der Waals surface area (Å²) in [5, 5.41) is 4.60. The Morgan fingerprint density at radius 2 is 2.10 bits per heavy atom. The van der Waals surface area contributed by atoms with E-state index in [1.54, 1.807) is 0 Å². The van der Waals surface area contributed by atoms with Crippen molar-refractivity contribution in [1.29, 1.82) is 0 Å². The second kappa shape index (κ2) is 5.20. The fourth-order valence-corrected chi connectivity index (χ4v) is 3.03. The van der Waals surface area contributed by atoms with E-state index in [9.17, 15) is 4.79 Å². The zero-order valence-electron chi connectivity index (χ0n) is 13.2. The van der Waals surface area contributed by atoms with Crippen molar-refractivity contribution in [1.82, 2.24) is 14.7 Å². The topological polar surface area (TPSA) is 64.2 Å². The van der Waals surface area contributed by atoms with Crippen molar-refractivity contribution in [2.75, 3.05) is 6.54 Å². The molecule has 2 N–H and O–H groups in total. The number of rotatable bonds is 3. The Labute approximate surface area is 121 Å². The molecule has 5 heteroatoms. The molecule has 5 nitrogen and oxygen atoms in total. The summed E-state index contributed by atoms with van der Waals surface area (Å²) in [4.78, 5) is 14.1. The van der Waals surface area contributed by atoms with Crippen LogP contribution in [0.5, 0.6) is 0 Å². The van der Waals surface area contributed by atoms with Gasteiger partial charge in [-0.2, -0.15) is 5.10 Å². The number of nitrogens with two attached hydrogens (primary N) is 1. The van der Waals surface area contributed by atoms with Crippen molar-refractivity contribution in [2.45, 2.75) is 58.0 Å². The highest BCUT2D eigenvalue weighted by Gasteiger charge is 2.41. The number of hydrogen-bond donors (Lipinski definition) is 1. The Morgan fingerprint density at radius 3 is 2.65 bits per heavy atom. The molecule has 2 atom stereocenters. The number of carbonyl (C=O) groups excluding carboxylic acids is 1. The van der Waals surface area contributed by atoms with Gasteiger partial charge in [-0.25, -0.2) is 0 Å². The lowest BCUT2D eigenvalue weighted by atomic mass is 9.86. The summed E-state index contributed by atoms with van der Waals surface area (Å²) in [6.45, 7) is 9.28. The number of hydrogen-bond acceptors (Lipinski definition) is 3. The lowest BCUT2D eigenvalue weighted by Crippen LogP contribution is -2.35. The van der Waals surface area contributed by atoms with Gasteiger partial charge in [-0.3, -0.25) is 9.48 Å². The minimum atomic E-state index is -0.139. The first-order valence-corrected chi connectivity index (χ1v) is 7.34. The van der Waals surface area contributed by atoms with E-state index in [1.807, 2.05) is 22.8 Å². The third kappa shape index (κ3) is 2.59. The Morgan fingerprint density at radius 1 is 1.45 bits per heavy atom. The van der Waals surface area contributed by atoms with E-state index in [4.69, 9.17) is 5.73 Å². The third-order valence-corrected chi connectivity index (χ3v) is 3.82. The molecule has 112 valence electrons.